The Bertz CT molecular complexity index is 408. The van der Waals surface area contributed by atoms with Gasteiger partial charge in [0.15, 0.2) is 12.0 Å². The van der Waals surface area contributed by atoms with E-state index in [-0.39, 0.29) is 0 Å². The maximum atomic E-state index is 10.1. The Morgan fingerprint density at radius 3 is 3.25 bits per heavy atom. The molecule has 2 aromatic rings. The molecule has 1 aromatic heterocycles. The van der Waals surface area contributed by atoms with Gasteiger partial charge in [0.2, 0.25) is 6.41 Å². The van der Waals surface area contributed by atoms with Crippen LogP contribution >= 0.6 is 0 Å². The highest BCUT2D eigenvalue weighted by molar-refractivity contribution is 5.81. The van der Waals surface area contributed by atoms with Crippen LogP contribution in [0.25, 0.3) is 11.1 Å². The van der Waals surface area contributed by atoms with E-state index in [0.717, 1.165) is 5.52 Å². The van der Waals surface area contributed by atoms with Crippen LogP contribution in [0.3, 0.4) is 0 Å². The third-order valence-corrected chi connectivity index (χ3v) is 1.56. The predicted molar refractivity (Wildman–Crippen MR) is 43.7 cm³/mol. The van der Waals surface area contributed by atoms with Crippen molar-refractivity contribution in [2.45, 2.75) is 0 Å². The van der Waals surface area contributed by atoms with E-state index in [1.165, 1.54) is 6.39 Å². The molecule has 0 saturated carbocycles. The SMILES string of the molecule is O=CNc1ccc2ncoc2c1. The van der Waals surface area contributed by atoms with Crippen LogP contribution in [0, 0.1) is 0 Å². The van der Waals surface area contributed by atoms with Crippen LogP contribution in [-0.2, 0) is 4.79 Å². The molecule has 0 aliphatic carbocycles. The van der Waals surface area contributed by atoms with Crippen LogP contribution in [0.4, 0.5) is 5.69 Å². The average molecular weight is 162 g/mol. The normalized spacial score (nSPS) is 10.0. The van der Waals surface area contributed by atoms with E-state index in [0.29, 0.717) is 17.7 Å². The van der Waals surface area contributed by atoms with Crippen molar-refractivity contribution in [3.8, 4) is 0 Å². The van der Waals surface area contributed by atoms with Gasteiger partial charge >= 0.3 is 0 Å². The lowest BCUT2D eigenvalue weighted by molar-refractivity contribution is -0.105. The topological polar surface area (TPSA) is 55.1 Å². The number of anilines is 1. The van der Waals surface area contributed by atoms with Crippen molar-refractivity contribution in [2.75, 3.05) is 5.32 Å². The number of hydrogen-bond acceptors (Lipinski definition) is 3. The Morgan fingerprint density at radius 1 is 1.50 bits per heavy atom. The zero-order valence-electron chi connectivity index (χ0n) is 6.15. The van der Waals surface area contributed by atoms with E-state index >= 15 is 0 Å². The van der Waals surface area contributed by atoms with Gasteiger partial charge in [-0.3, -0.25) is 4.79 Å². The Morgan fingerprint density at radius 2 is 2.42 bits per heavy atom. The van der Waals surface area contributed by atoms with Gasteiger partial charge in [-0.2, -0.15) is 0 Å². The van der Waals surface area contributed by atoms with Gasteiger partial charge in [-0.15, -0.1) is 0 Å². The lowest BCUT2D eigenvalue weighted by Crippen LogP contribution is -1.92. The Balaban J connectivity index is 2.52. The Hall–Kier alpha value is -1.84. The molecule has 0 radical (unpaired) electrons. The van der Waals surface area contributed by atoms with Gasteiger partial charge in [-0.25, -0.2) is 4.98 Å². The summed E-state index contributed by atoms with van der Waals surface area (Å²) in [4.78, 5) is 14.0. The first-order chi connectivity index (χ1) is 5.90. The molecule has 12 heavy (non-hydrogen) atoms. The Kier molecular flexibility index (Phi) is 1.51. The molecule has 1 aromatic carbocycles. The maximum Gasteiger partial charge on any atom is 0.211 e. The maximum absolute atomic E-state index is 10.1. The van der Waals surface area contributed by atoms with Gasteiger partial charge < -0.3 is 9.73 Å². The predicted octanol–water partition coefficient (Wildman–Crippen LogP) is 1.40. The van der Waals surface area contributed by atoms with Crippen LogP contribution in [0.2, 0.25) is 0 Å². The highest BCUT2D eigenvalue weighted by Crippen LogP contribution is 2.16. The minimum Gasteiger partial charge on any atom is -0.443 e. The fourth-order valence-corrected chi connectivity index (χ4v) is 1.01. The molecule has 0 aliphatic rings. The summed E-state index contributed by atoms with van der Waals surface area (Å²) in [7, 11) is 0. The monoisotopic (exact) mass is 162 g/mol. The fourth-order valence-electron chi connectivity index (χ4n) is 1.01. The minimum absolute atomic E-state index is 0.623. The molecule has 1 heterocycles. The number of fused-ring (bicyclic) bond motifs is 1. The number of hydrogen-bond donors (Lipinski definition) is 1. The molecule has 0 atom stereocenters. The molecule has 4 nitrogen and oxygen atoms in total. The number of rotatable bonds is 2. The minimum atomic E-state index is 0.623. The zero-order valence-corrected chi connectivity index (χ0v) is 6.15. The highest BCUT2D eigenvalue weighted by atomic mass is 16.3. The first kappa shape index (κ1) is 6.84. The molecule has 0 bridgehead atoms. The van der Waals surface area contributed by atoms with E-state index < -0.39 is 0 Å². The van der Waals surface area contributed by atoms with E-state index in [1.807, 2.05) is 0 Å². The number of nitrogens with zero attached hydrogens (tertiary/aromatic N) is 1. The van der Waals surface area contributed by atoms with Crippen LogP contribution in [0.5, 0.6) is 0 Å². The molecule has 2 rings (SSSR count). The van der Waals surface area contributed by atoms with Crippen molar-refractivity contribution in [2.24, 2.45) is 0 Å². The number of aromatic nitrogens is 1. The summed E-state index contributed by atoms with van der Waals surface area (Å²) >= 11 is 0. The second kappa shape index (κ2) is 2.65. The summed E-state index contributed by atoms with van der Waals surface area (Å²) in [6.07, 6.45) is 1.99. The summed E-state index contributed by atoms with van der Waals surface area (Å²) in [5.41, 5.74) is 2.16. The van der Waals surface area contributed by atoms with Crippen LogP contribution in [0.1, 0.15) is 0 Å². The fraction of sp³-hybridized carbons (Fsp3) is 0. The molecule has 0 spiro atoms. The number of nitrogens with one attached hydrogen (secondary N) is 1. The molecule has 1 amide bonds. The van der Waals surface area contributed by atoms with Gasteiger partial charge in [0.05, 0.1) is 0 Å². The summed E-state index contributed by atoms with van der Waals surface area (Å²) in [6, 6.07) is 5.26. The largest absolute Gasteiger partial charge is 0.443 e. The van der Waals surface area contributed by atoms with Crippen molar-refractivity contribution in [1.29, 1.82) is 0 Å². The van der Waals surface area contributed by atoms with Crippen molar-refractivity contribution in [3.05, 3.63) is 24.6 Å². The molecular weight excluding hydrogens is 156 g/mol. The van der Waals surface area contributed by atoms with Gasteiger partial charge in [0.1, 0.15) is 5.52 Å². The van der Waals surface area contributed by atoms with E-state index in [4.69, 9.17) is 4.42 Å². The molecule has 0 fully saturated rings. The quantitative estimate of drug-likeness (QED) is 0.679. The Labute approximate surface area is 68.2 Å². The van der Waals surface area contributed by atoms with Gasteiger partial charge in [0.25, 0.3) is 0 Å². The van der Waals surface area contributed by atoms with Gasteiger partial charge in [-0.05, 0) is 12.1 Å². The standard InChI is InChI=1S/C8H6N2O2/c11-4-9-6-1-2-7-8(3-6)12-5-10-7/h1-5H,(H,9,11). The van der Waals surface area contributed by atoms with Crippen LogP contribution in [0.15, 0.2) is 29.0 Å². The molecule has 0 aliphatic heterocycles. The van der Waals surface area contributed by atoms with E-state index in [1.54, 1.807) is 18.2 Å². The number of amides is 1. The molecule has 60 valence electrons. The molecule has 0 unspecified atom stereocenters. The van der Waals surface area contributed by atoms with Gasteiger partial charge in [0, 0.05) is 11.8 Å². The summed E-state index contributed by atoms with van der Waals surface area (Å²) in [5.74, 6) is 0. The second-order valence-corrected chi connectivity index (χ2v) is 2.30. The first-order valence-electron chi connectivity index (χ1n) is 3.43. The molecular formula is C8H6N2O2. The van der Waals surface area contributed by atoms with E-state index in [9.17, 15) is 4.79 Å². The number of carbonyl (C=O) groups is 1. The van der Waals surface area contributed by atoms with Crippen LogP contribution < -0.4 is 5.32 Å². The third-order valence-electron chi connectivity index (χ3n) is 1.56. The summed E-state index contributed by atoms with van der Waals surface area (Å²) in [6.45, 7) is 0. The molecule has 0 saturated heterocycles. The van der Waals surface area contributed by atoms with Crippen molar-refractivity contribution >= 4 is 23.2 Å². The summed E-state index contributed by atoms with van der Waals surface area (Å²) < 4.78 is 5.04. The average Bonchev–Trinajstić information content (AvgIpc) is 2.51. The molecule has 4 heteroatoms. The zero-order chi connectivity index (χ0) is 8.39. The van der Waals surface area contributed by atoms with Crippen molar-refractivity contribution < 1.29 is 9.21 Å². The smallest absolute Gasteiger partial charge is 0.211 e. The number of carbonyl (C=O) groups excluding carboxylic acids is 1. The number of oxazole rings is 1. The summed E-state index contributed by atoms with van der Waals surface area (Å²) in [5, 5.41) is 2.52. The number of benzene rings is 1. The van der Waals surface area contributed by atoms with Crippen molar-refractivity contribution in [1.82, 2.24) is 4.98 Å². The van der Waals surface area contributed by atoms with Gasteiger partial charge in [-0.1, -0.05) is 0 Å². The lowest BCUT2D eigenvalue weighted by Gasteiger charge is -1.95. The second-order valence-electron chi connectivity index (χ2n) is 2.30. The first-order valence-corrected chi connectivity index (χ1v) is 3.43. The van der Waals surface area contributed by atoms with E-state index in [2.05, 4.69) is 10.3 Å². The highest BCUT2D eigenvalue weighted by Gasteiger charge is 1.98. The molecule has 1 N–H and O–H groups in total. The third kappa shape index (κ3) is 1.03. The van der Waals surface area contributed by atoms with Crippen molar-refractivity contribution in [3.63, 3.8) is 0 Å². The lowest BCUT2D eigenvalue weighted by atomic mass is 10.3. The van der Waals surface area contributed by atoms with Crippen LogP contribution in [-0.4, -0.2) is 11.4 Å².